The number of ether oxygens (including phenoxy) is 1. The van der Waals surface area contributed by atoms with Crippen LogP contribution in [0.15, 0.2) is 41.3 Å². The molecule has 1 aromatic carbocycles. The van der Waals surface area contributed by atoms with E-state index < -0.39 is 0 Å². The average molecular weight is 395 g/mol. The van der Waals surface area contributed by atoms with E-state index in [1.807, 2.05) is 0 Å². The van der Waals surface area contributed by atoms with Gasteiger partial charge in [-0.1, -0.05) is 0 Å². The van der Waals surface area contributed by atoms with Crippen molar-refractivity contribution in [1.82, 2.24) is 14.7 Å². The zero-order valence-electron chi connectivity index (χ0n) is 15.9. The van der Waals surface area contributed by atoms with Crippen molar-refractivity contribution in [2.45, 2.75) is 31.7 Å². The van der Waals surface area contributed by atoms with E-state index in [-0.39, 0.29) is 46.2 Å². The molecule has 1 saturated carbocycles. The van der Waals surface area contributed by atoms with Crippen LogP contribution in [-0.2, 0) is 9.53 Å². The first-order valence-corrected chi connectivity index (χ1v) is 9.50. The van der Waals surface area contributed by atoms with Crippen LogP contribution >= 0.6 is 0 Å². The Kier molecular flexibility index (Phi) is 4.92. The summed E-state index contributed by atoms with van der Waals surface area (Å²) in [4.78, 5) is 41.8. The molecule has 0 spiro atoms. The molecule has 0 radical (unpaired) electrons. The Labute approximate surface area is 166 Å². The van der Waals surface area contributed by atoms with E-state index in [0.717, 1.165) is 0 Å². The second-order valence-corrected chi connectivity index (χ2v) is 7.28. The van der Waals surface area contributed by atoms with Crippen LogP contribution in [0, 0.1) is 5.92 Å². The van der Waals surface area contributed by atoms with Gasteiger partial charge in [0.05, 0.1) is 29.5 Å². The highest BCUT2D eigenvalue weighted by atomic mass is 16.5. The van der Waals surface area contributed by atoms with Crippen molar-refractivity contribution in [2.75, 3.05) is 7.11 Å². The quantitative estimate of drug-likeness (QED) is 0.519. The number of esters is 1. The van der Waals surface area contributed by atoms with E-state index in [1.165, 1.54) is 23.6 Å². The molecule has 0 saturated heterocycles. The second-order valence-electron chi connectivity index (χ2n) is 7.28. The van der Waals surface area contributed by atoms with Crippen molar-refractivity contribution in [3.8, 4) is 5.75 Å². The van der Waals surface area contributed by atoms with Crippen LogP contribution in [0.3, 0.4) is 0 Å². The number of hydrogen-bond acceptors (Lipinski definition) is 6. The van der Waals surface area contributed by atoms with Gasteiger partial charge in [0.15, 0.2) is 5.65 Å². The molecule has 2 N–H and O–H groups in total. The predicted molar refractivity (Wildman–Crippen MR) is 106 cm³/mol. The molecule has 1 aliphatic carbocycles. The number of carbonyl (C=O) groups is 2. The van der Waals surface area contributed by atoms with Crippen LogP contribution in [0.25, 0.3) is 16.6 Å². The number of pyridine rings is 1. The van der Waals surface area contributed by atoms with Crippen LogP contribution in [0.4, 0.5) is 0 Å². The Bertz CT molecular complexity index is 1160. The van der Waals surface area contributed by atoms with Gasteiger partial charge in [-0.2, -0.15) is 0 Å². The number of methoxy groups -OCH3 is 1. The molecule has 0 aliphatic heterocycles. The van der Waals surface area contributed by atoms with Crippen LogP contribution < -0.4 is 10.9 Å². The normalized spacial score (nSPS) is 19.2. The topological polar surface area (TPSA) is 110 Å². The summed E-state index contributed by atoms with van der Waals surface area (Å²) in [6.07, 6.45) is 4.25. The SMILES string of the molecule is COC(=O)C1CCC(NC(=O)c2cccn3c(=O)c4cc(O)ccc4nc23)CC1. The highest BCUT2D eigenvalue weighted by Crippen LogP contribution is 2.25. The zero-order valence-corrected chi connectivity index (χ0v) is 15.9. The van der Waals surface area contributed by atoms with Gasteiger partial charge in [-0.3, -0.25) is 18.8 Å². The van der Waals surface area contributed by atoms with Gasteiger partial charge in [0.25, 0.3) is 11.5 Å². The summed E-state index contributed by atoms with van der Waals surface area (Å²) in [5.41, 5.74) is 0.617. The summed E-state index contributed by atoms with van der Waals surface area (Å²) in [7, 11) is 1.39. The molecular formula is C21H21N3O5. The van der Waals surface area contributed by atoms with Gasteiger partial charge in [0.2, 0.25) is 0 Å². The number of amides is 1. The van der Waals surface area contributed by atoms with Crippen LogP contribution in [0.2, 0.25) is 0 Å². The molecule has 3 aromatic rings. The molecule has 4 rings (SSSR count). The van der Waals surface area contributed by atoms with Crippen LogP contribution in [-0.4, -0.2) is 39.5 Å². The van der Waals surface area contributed by atoms with E-state index in [0.29, 0.717) is 36.8 Å². The van der Waals surface area contributed by atoms with E-state index in [1.54, 1.807) is 24.4 Å². The standard InChI is InChI=1S/C21H21N3O5/c1-29-21(28)12-4-6-13(7-5-12)22-19(26)15-3-2-10-24-18(15)23-17-9-8-14(25)11-16(17)20(24)27/h2-3,8-13,25H,4-7H2,1H3,(H,22,26). The minimum atomic E-state index is -0.353. The summed E-state index contributed by atoms with van der Waals surface area (Å²) in [6, 6.07) is 7.57. The fraction of sp³-hybridized carbons (Fsp3) is 0.333. The number of rotatable bonds is 3. The number of carbonyl (C=O) groups excluding carboxylic acids is 2. The molecule has 29 heavy (non-hydrogen) atoms. The minimum Gasteiger partial charge on any atom is -0.508 e. The molecule has 1 aliphatic rings. The molecule has 1 amide bonds. The van der Waals surface area contributed by atoms with Crippen molar-refractivity contribution >= 4 is 28.4 Å². The van der Waals surface area contributed by atoms with E-state index in [9.17, 15) is 19.5 Å². The largest absolute Gasteiger partial charge is 0.508 e. The third-order valence-electron chi connectivity index (χ3n) is 5.46. The van der Waals surface area contributed by atoms with Crippen LogP contribution in [0.1, 0.15) is 36.0 Å². The maximum atomic E-state index is 12.9. The van der Waals surface area contributed by atoms with E-state index in [2.05, 4.69) is 10.3 Å². The third kappa shape index (κ3) is 3.53. The summed E-state index contributed by atoms with van der Waals surface area (Å²) < 4.78 is 6.11. The summed E-state index contributed by atoms with van der Waals surface area (Å²) in [5, 5.41) is 12.9. The van der Waals surface area contributed by atoms with Crippen molar-refractivity contribution in [1.29, 1.82) is 0 Å². The second kappa shape index (κ2) is 7.54. The first-order valence-electron chi connectivity index (χ1n) is 9.50. The zero-order chi connectivity index (χ0) is 20.5. The molecule has 8 heteroatoms. The van der Waals surface area contributed by atoms with Crippen LogP contribution in [0.5, 0.6) is 5.75 Å². The number of aromatic nitrogens is 2. The van der Waals surface area contributed by atoms with Gasteiger partial charge in [-0.15, -0.1) is 0 Å². The fourth-order valence-corrected chi connectivity index (χ4v) is 3.90. The highest BCUT2D eigenvalue weighted by Gasteiger charge is 2.28. The van der Waals surface area contributed by atoms with Gasteiger partial charge in [-0.25, -0.2) is 4.98 Å². The lowest BCUT2D eigenvalue weighted by Gasteiger charge is -2.27. The molecule has 1 fully saturated rings. The van der Waals surface area contributed by atoms with Gasteiger partial charge in [0, 0.05) is 12.2 Å². The fourth-order valence-electron chi connectivity index (χ4n) is 3.90. The Hall–Kier alpha value is -3.42. The maximum absolute atomic E-state index is 12.9. The number of nitrogens with one attached hydrogen (secondary N) is 1. The number of benzene rings is 1. The van der Waals surface area contributed by atoms with Crippen molar-refractivity contribution < 1.29 is 19.4 Å². The van der Waals surface area contributed by atoms with Crippen molar-refractivity contribution in [2.24, 2.45) is 5.92 Å². The molecule has 150 valence electrons. The summed E-state index contributed by atoms with van der Waals surface area (Å²) >= 11 is 0. The predicted octanol–water partition coefficient (Wildman–Crippen LogP) is 2.01. The molecule has 8 nitrogen and oxygen atoms in total. The lowest BCUT2D eigenvalue weighted by Crippen LogP contribution is -2.39. The first-order chi connectivity index (χ1) is 14.0. The lowest BCUT2D eigenvalue weighted by atomic mass is 9.86. The summed E-state index contributed by atoms with van der Waals surface area (Å²) in [6.45, 7) is 0. The Morgan fingerprint density at radius 2 is 1.97 bits per heavy atom. The molecule has 0 bridgehead atoms. The molecule has 0 unspecified atom stereocenters. The van der Waals surface area contributed by atoms with Gasteiger partial charge >= 0.3 is 5.97 Å². The number of hydrogen-bond donors (Lipinski definition) is 2. The monoisotopic (exact) mass is 395 g/mol. The van der Waals surface area contributed by atoms with Crippen molar-refractivity contribution in [3.63, 3.8) is 0 Å². The van der Waals surface area contributed by atoms with E-state index in [4.69, 9.17) is 4.74 Å². The van der Waals surface area contributed by atoms with E-state index >= 15 is 0 Å². The Morgan fingerprint density at radius 1 is 1.21 bits per heavy atom. The number of phenolic OH excluding ortho intramolecular Hbond substituents is 1. The van der Waals surface area contributed by atoms with Gasteiger partial charge in [0.1, 0.15) is 5.75 Å². The summed E-state index contributed by atoms with van der Waals surface area (Å²) in [5.74, 6) is -0.651. The molecule has 2 heterocycles. The number of phenols is 1. The Balaban J connectivity index is 1.62. The lowest BCUT2D eigenvalue weighted by molar-refractivity contribution is -0.146. The Morgan fingerprint density at radius 3 is 2.69 bits per heavy atom. The van der Waals surface area contributed by atoms with Gasteiger partial charge < -0.3 is 15.2 Å². The number of aromatic hydroxyl groups is 1. The number of fused-ring (bicyclic) bond motifs is 2. The number of nitrogens with zero attached hydrogens (tertiary/aromatic N) is 2. The molecule has 0 atom stereocenters. The molecular weight excluding hydrogens is 374 g/mol. The molecule has 2 aromatic heterocycles. The maximum Gasteiger partial charge on any atom is 0.308 e. The first kappa shape index (κ1) is 18.9. The third-order valence-corrected chi connectivity index (χ3v) is 5.46. The van der Waals surface area contributed by atoms with Gasteiger partial charge in [-0.05, 0) is 56.0 Å². The minimum absolute atomic E-state index is 0.0206. The smallest absolute Gasteiger partial charge is 0.308 e. The average Bonchev–Trinajstić information content (AvgIpc) is 2.74. The van der Waals surface area contributed by atoms with Crippen molar-refractivity contribution in [3.05, 3.63) is 52.4 Å². The highest BCUT2D eigenvalue weighted by molar-refractivity contribution is 6.00.